The highest BCUT2D eigenvalue weighted by Gasteiger charge is 2.15. The van der Waals surface area contributed by atoms with Gasteiger partial charge in [0.25, 0.3) is 5.95 Å². The number of carbonyl (C=O) groups is 1. The minimum Gasteiger partial charge on any atom is -0.302 e. The van der Waals surface area contributed by atoms with E-state index < -0.39 is 0 Å². The molecule has 0 radical (unpaired) electrons. The summed E-state index contributed by atoms with van der Waals surface area (Å²) < 4.78 is 1.93. The van der Waals surface area contributed by atoms with Crippen molar-refractivity contribution in [2.45, 2.75) is 18.6 Å². The maximum atomic E-state index is 11.9. The van der Waals surface area contributed by atoms with Crippen LogP contribution in [0.15, 0.2) is 29.4 Å². The van der Waals surface area contributed by atoms with Crippen LogP contribution in [0.2, 0.25) is 5.02 Å². The molecule has 2 aromatic heterocycles. The van der Waals surface area contributed by atoms with Crippen LogP contribution in [0.4, 0.5) is 5.95 Å². The van der Waals surface area contributed by atoms with E-state index in [9.17, 15) is 4.79 Å². The second-order valence-electron chi connectivity index (χ2n) is 4.63. The standard InChI is InChI=1S/C13H13ClN8OS/c1-2-22-11(8-4-3-5-9(14)6-8)16-19-13(22)24-7-10(23)15-12-17-20-21-18-12/h3-6H,2,7H2,1H3,(H2,15,17,18,20,21,23). The molecule has 0 aliphatic rings. The molecule has 0 saturated carbocycles. The summed E-state index contributed by atoms with van der Waals surface area (Å²) >= 11 is 7.31. The molecule has 0 saturated heterocycles. The Balaban J connectivity index is 1.71. The highest BCUT2D eigenvalue weighted by atomic mass is 35.5. The van der Waals surface area contributed by atoms with E-state index in [0.29, 0.717) is 22.5 Å². The first-order chi connectivity index (χ1) is 11.7. The highest BCUT2D eigenvalue weighted by Crippen LogP contribution is 2.25. The second kappa shape index (κ2) is 7.41. The quantitative estimate of drug-likeness (QED) is 0.641. The number of halogens is 1. The van der Waals surface area contributed by atoms with Gasteiger partial charge in [-0.25, -0.2) is 0 Å². The van der Waals surface area contributed by atoms with Crippen LogP contribution in [0.1, 0.15) is 6.92 Å². The minimum absolute atomic E-state index is 0.136. The Morgan fingerprint density at radius 3 is 2.96 bits per heavy atom. The highest BCUT2D eigenvalue weighted by molar-refractivity contribution is 7.99. The van der Waals surface area contributed by atoms with Gasteiger partial charge >= 0.3 is 0 Å². The molecular weight excluding hydrogens is 352 g/mol. The van der Waals surface area contributed by atoms with Crippen molar-refractivity contribution in [3.05, 3.63) is 29.3 Å². The number of rotatable bonds is 6. The van der Waals surface area contributed by atoms with Crippen LogP contribution in [0.5, 0.6) is 0 Å². The van der Waals surface area contributed by atoms with Crippen LogP contribution in [0.3, 0.4) is 0 Å². The lowest BCUT2D eigenvalue weighted by Crippen LogP contribution is -2.15. The first kappa shape index (κ1) is 16.4. The number of nitrogens with zero attached hydrogens (tertiary/aromatic N) is 6. The summed E-state index contributed by atoms with van der Waals surface area (Å²) in [6.45, 7) is 2.66. The van der Waals surface area contributed by atoms with Crippen molar-refractivity contribution in [3.63, 3.8) is 0 Å². The van der Waals surface area contributed by atoms with E-state index in [1.807, 2.05) is 29.7 Å². The number of hydrogen-bond acceptors (Lipinski definition) is 7. The third-order valence-corrected chi connectivity index (χ3v) is 4.25. The lowest BCUT2D eigenvalue weighted by Gasteiger charge is -2.07. The molecule has 0 bridgehead atoms. The third kappa shape index (κ3) is 3.71. The van der Waals surface area contributed by atoms with E-state index in [4.69, 9.17) is 11.6 Å². The first-order valence-electron chi connectivity index (χ1n) is 7.02. The largest absolute Gasteiger partial charge is 0.302 e. The van der Waals surface area contributed by atoms with Crippen molar-refractivity contribution < 1.29 is 4.79 Å². The van der Waals surface area contributed by atoms with Gasteiger partial charge in [0.05, 0.1) is 5.75 Å². The summed E-state index contributed by atoms with van der Waals surface area (Å²) in [5.74, 6) is 0.747. The van der Waals surface area contributed by atoms with Crippen molar-refractivity contribution in [2.75, 3.05) is 11.1 Å². The van der Waals surface area contributed by atoms with Gasteiger partial charge in [-0.05, 0) is 24.3 Å². The number of anilines is 1. The Morgan fingerprint density at radius 1 is 1.38 bits per heavy atom. The predicted molar refractivity (Wildman–Crippen MR) is 89.7 cm³/mol. The molecule has 0 aliphatic carbocycles. The fourth-order valence-electron chi connectivity index (χ4n) is 2.03. The van der Waals surface area contributed by atoms with Crippen LogP contribution in [-0.2, 0) is 11.3 Å². The van der Waals surface area contributed by atoms with E-state index in [1.165, 1.54) is 11.8 Å². The van der Waals surface area contributed by atoms with Gasteiger partial charge in [0, 0.05) is 17.1 Å². The number of thioether (sulfide) groups is 1. The van der Waals surface area contributed by atoms with Crippen LogP contribution >= 0.6 is 23.4 Å². The molecule has 11 heteroatoms. The minimum atomic E-state index is -0.253. The molecule has 1 amide bonds. The lowest BCUT2D eigenvalue weighted by atomic mass is 10.2. The normalized spacial score (nSPS) is 10.8. The van der Waals surface area contributed by atoms with E-state index >= 15 is 0 Å². The molecule has 124 valence electrons. The SMILES string of the molecule is CCn1c(SCC(=O)Nc2nn[nH]n2)nnc1-c1cccc(Cl)c1. The summed E-state index contributed by atoms with van der Waals surface area (Å²) in [7, 11) is 0. The van der Waals surface area contributed by atoms with Gasteiger partial charge in [-0.1, -0.05) is 40.6 Å². The van der Waals surface area contributed by atoms with Gasteiger partial charge in [-0.2, -0.15) is 5.21 Å². The fourth-order valence-corrected chi connectivity index (χ4v) is 3.02. The molecule has 2 N–H and O–H groups in total. The zero-order chi connectivity index (χ0) is 16.9. The molecule has 2 heterocycles. The number of benzene rings is 1. The van der Waals surface area contributed by atoms with Crippen molar-refractivity contribution in [1.29, 1.82) is 0 Å². The monoisotopic (exact) mass is 364 g/mol. The van der Waals surface area contributed by atoms with Crippen molar-refractivity contribution in [2.24, 2.45) is 0 Å². The molecule has 0 spiro atoms. The topological polar surface area (TPSA) is 114 Å². The van der Waals surface area contributed by atoms with E-state index in [0.717, 1.165) is 5.56 Å². The van der Waals surface area contributed by atoms with E-state index in [1.54, 1.807) is 6.07 Å². The van der Waals surface area contributed by atoms with Crippen molar-refractivity contribution in [3.8, 4) is 11.4 Å². The van der Waals surface area contributed by atoms with Gasteiger partial charge in [0.15, 0.2) is 11.0 Å². The number of hydrogen-bond donors (Lipinski definition) is 2. The van der Waals surface area contributed by atoms with Gasteiger partial charge in [-0.3, -0.25) is 10.1 Å². The molecule has 24 heavy (non-hydrogen) atoms. The molecule has 0 atom stereocenters. The van der Waals surface area contributed by atoms with Crippen LogP contribution in [-0.4, -0.2) is 47.0 Å². The van der Waals surface area contributed by atoms with Gasteiger partial charge in [0.2, 0.25) is 5.91 Å². The number of aromatic nitrogens is 7. The maximum Gasteiger partial charge on any atom is 0.269 e. The van der Waals surface area contributed by atoms with Gasteiger partial charge in [0.1, 0.15) is 0 Å². The molecule has 0 fully saturated rings. The number of tetrazole rings is 1. The fraction of sp³-hybridized carbons (Fsp3) is 0.231. The smallest absolute Gasteiger partial charge is 0.269 e. The third-order valence-electron chi connectivity index (χ3n) is 3.04. The van der Waals surface area contributed by atoms with E-state index in [-0.39, 0.29) is 17.6 Å². The number of carbonyl (C=O) groups excluding carboxylic acids is 1. The van der Waals surface area contributed by atoms with Crippen LogP contribution in [0.25, 0.3) is 11.4 Å². The Hall–Kier alpha value is -2.46. The Morgan fingerprint density at radius 2 is 2.25 bits per heavy atom. The van der Waals surface area contributed by atoms with Crippen molar-refractivity contribution >= 4 is 35.2 Å². The number of amides is 1. The summed E-state index contributed by atoms with van der Waals surface area (Å²) in [4.78, 5) is 11.9. The Labute approximate surface area is 146 Å². The Kier molecular flexibility index (Phi) is 5.06. The maximum absolute atomic E-state index is 11.9. The van der Waals surface area contributed by atoms with E-state index in [2.05, 4.69) is 36.1 Å². The summed E-state index contributed by atoms with van der Waals surface area (Å²) in [6, 6.07) is 7.40. The molecule has 0 unspecified atom stereocenters. The molecule has 3 aromatic rings. The lowest BCUT2D eigenvalue weighted by molar-refractivity contribution is -0.113. The van der Waals surface area contributed by atoms with Crippen LogP contribution < -0.4 is 5.32 Å². The number of nitrogens with one attached hydrogen (secondary N) is 2. The summed E-state index contributed by atoms with van der Waals surface area (Å²) in [5, 5.41) is 25.1. The van der Waals surface area contributed by atoms with Crippen LogP contribution in [0, 0.1) is 0 Å². The average Bonchev–Trinajstić information content (AvgIpc) is 3.21. The van der Waals surface area contributed by atoms with Gasteiger partial charge < -0.3 is 4.57 Å². The molecule has 0 aliphatic heterocycles. The molecule has 9 nitrogen and oxygen atoms in total. The molecule has 1 aromatic carbocycles. The molecule has 3 rings (SSSR count). The zero-order valence-corrected chi connectivity index (χ0v) is 14.2. The first-order valence-corrected chi connectivity index (χ1v) is 8.39. The Bertz CT molecular complexity index is 834. The van der Waals surface area contributed by atoms with Gasteiger partial charge in [-0.15, -0.1) is 15.3 Å². The number of H-pyrrole nitrogens is 1. The second-order valence-corrected chi connectivity index (χ2v) is 6.01. The molecular formula is C13H13ClN8OS. The summed E-state index contributed by atoms with van der Waals surface area (Å²) in [5.41, 5.74) is 0.875. The van der Waals surface area contributed by atoms with Crippen molar-refractivity contribution in [1.82, 2.24) is 35.4 Å². The average molecular weight is 365 g/mol. The number of aromatic amines is 1. The summed E-state index contributed by atoms with van der Waals surface area (Å²) in [6.07, 6.45) is 0. The zero-order valence-electron chi connectivity index (χ0n) is 12.6. The predicted octanol–water partition coefficient (Wildman–Crippen LogP) is 1.86.